The maximum Gasteiger partial charge on any atom is 0.316 e. The summed E-state index contributed by atoms with van der Waals surface area (Å²) in [4.78, 5) is 27.3. The van der Waals surface area contributed by atoms with Gasteiger partial charge in [-0.2, -0.15) is 0 Å². The Bertz CT molecular complexity index is 1050. The highest BCUT2D eigenvalue weighted by Crippen LogP contribution is 2.33. The van der Waals surface area contributed by atoms with Gasteiger partial charge in [-0.15, -0.1) is 0 Å². The van der Waals surface area contributed by atoms with E-state index >= 15 is 0 Å². The first kappa shape index (κ1) is 19.2. The van der Waals surface area contributed by atoms with Crippen molar-refractivity contribution in [2.45, 2.75) is 32.6 Å². The van der Waals surface area contributed by atoms with Crippen molar-refractivity contribution in [2.24, 2.45) is 5.92 Å². The maximum absolute atomic E-state index is 12.9. The quantitative estimate of drug-likeness (QED) is 0.440. The molecule has 0 saturated carbocycles. The Balaban J connectivity index is 1.55. The Morgan fingerprint density at radius 1 is 1.07 bits per heavy atom. The summed E-state index contributed by atoms with van der Waals surface area (Å²) in [5.74, 6) is 0.0566. The minimum atomic E-state index is -0.466. The van der Waals surface area contributed by atoms with Crippen LogP contribution in [0.2, 0.25) is 0 Å². The molecule has 4 heteroatoms. The summed E-state index contributed by atoms with van der Waals surface area (Å²) in [6.45, 7) is 4.58. The first-order valence-electron chi connectivity index (χ1n) is 10.2. The molecule has 148 valence electrons. The minimum absolute atomic E-state index is 0.0430. The number of carbonyl (C=O) groups is 2. The van der Waals surface area contributed by atoms with E-state index in [1.165, 1.54) is 0 Å². The van der Waals surface area contributed by atoms with Gasteiger partial charge < -0.3 is 9.64 Å². The molecule has 3 aromatic rings. The monoisotopic (exact) mass is 387 g/mol. The molecule has 0 radical (unpaired) electrons. The minimum Gasteiger partial charge on any atom is -0.426 e. The largest absolute Gasteiger partial charge is 0.426 e. The summed E-state index contributed by atoms with van der Waals surface area (Å²) in [5.41, 5.74) is 1.88. The van der Waals surface area contributed by atoms with Gasteiger partial charge in [-0.3, -0.25) is 9.59 Å². The predicted molar refractivity (Wildman–Crippen MR) is 115 cm³/mol. The van der Waals surface area contributed by atoms with Crippen molar-refractivity contribution in [3.05, 3.63) is 72.3 Å². The number of benzene rings is 3. The number of rotatable bonds is 5. The molecule has 0 spiro atoms. The van der Waals surface area contributed by atoms with E-state index in [0.29, 0.717) is 18.2 Å². The van der Waals surface area contributed by atoms with Gasteiger partial charge in [0, 0.05) is 18.4 Å². The molecule has 1 amide bonds. The van der Waals surface area contributed by atoms with Gasteiger partial charge in [0.2, 0.25) is 5.91 Å². The molecule has 3 aromatic carbocycles. The molecule has 0 unspecified atom stereocenters. The first-order valence-corrected chi connectivity index (χ1v) is 10.2. The number of amides is 1. The van der Waals surface area contributed by atoms with Gasteiger partial charge in [-0.25, -0.2) is 0 Å². The van der Waals surface area contributed by atoms with Gasteiger partial charge in [0.15, 0.2) is 0 Å². The molecule has 1 aliphatic heterocycles. The van der Waals surface area contributed by atoms with Crippen LogP contribution in [0.15, 0.2) is 66.7 Å². The molecule has 0 bridgehead atoms. The highest BCUT2D eigenvalue weighted by atomic mass is 16.5. The maximum atomic E-state index is 12.9. The molecule has 0 aliphatic carbocycles. The number of hydrogen-bond donors (Lipinski definition) is 0. The molecule has 1 heterocycles. The molecule has 4 nitrogen and oxygen atoms in total. The lowest BCUT2D eigenvalue weighted by molar-refractivity contribution is -0.139. The van der Waals surface area contributed by atoms with Crippen LogP contribution >= 0.6 is 0 Å². The number of para-hydroxylation sites is 1. The van der Waals surface area contributed by atoms with Crippen LogP contribution in [-0.4, -0.2) is 18.4 Å². The van der Waals surface area contributed by atoms with Crippen molar-refractivity contribution in [1.82, 2.24) is 0 Å². The van der Waals surface area contributed by atoms with E-state index in [4.69, 9.17) is 4.74 Å². The fourth-order valence-corrected chi connectivity index (χ4v) is 3.93. The van der Waals surface area contributed by atoms with E-state index in [1.807, 2.05) is 66.7 Å². The van der Waals surface area contributed by atoms with Crippen LogP contribution < -0.4 is 9.64 Å². The molecular formula is C25H25NO3. The van der Waals surface area contributed by atoms with Crippen molar-refractivity contribution < 1.29 is 14.3 Å². The van der Waals surface area contributed by atoms with Crippen molar-refractivity contribution >= 4 is 28.3 Å². The zero-order chi connectivity index (χ0) is 20.4. The number of esters is 1. The average molecular weight is 387 g/mol. The highest BCUT2D eigenvalue weighted by Gasteiger charge is 2.37. The van der Waals surface area contributed by atoms with Crippen LogP contribution in [0.5, 0.6) is 5.75 Å². The van der Waals surface area contributed by atoms with Crippen molar-refractivity contribution in [3.63, 3.8) is 0 Å². The fraction of sp³-hybridized carbons (Fsp3) is 0.280. The second kappa shape index (κ2) is 8.08. The van der Waals surface area contributed by atoms with E-state index in [-0.39, 0.29) is 18.3 Å². The SMILES string of the molecule is CC[C@@H](C)c1ccccc1OC(=O)[C@H]1CC(=O)N(c2cccc3ccccc23)C1. The van der Waals surface area contributed by atoms with Crippen molar-refractivity contribution in [3.8, 4) is 5.75 Å². The van der Waals surface area contributed by atoms with Crippen LogP contribution in [0.25, 0.3) is 10.8 Å². The molecule has 1 aliphatic rings. The highest BCUT2D eigenvalue weighted by molar-refractivity contribution is 6.06. The number of fused-ring (bicyclic) bond motifs is 1. The van der Waals surface area contributed by atoms with Gasteiger partial charge in [-0.1, -0.05) is 68.4 Å². The smallest absolute Gasteiger partial charge is 0.316 e. The number of ether oxygens (including phenoxy) is 1. The second-order valence-electron chi connectivity index (χ2n) is 7.67. The molecule has 0 N–H and O–H groups in total. The van der Waals surface area contributed by atoms with Crippen LogP contribution in [0, 0.1) is 5.92 Å². The third-order valence-corrected chi connectivity index (χ3v) is 5.79. The Hall–Kier alpha value is -3.14. The molecule has 0 aromatic heterocycles. The summed E-state index contributed by atoms with van der Waals surface area (Å²) < 4.78 is 5.75. The summed E-state index contributed by atoms with van der Waals surface area (Å²) in [7, 11) is 0. The van der Waals surface area contributed by atoms with Crippen LogP contribution in [0.4, 0.5) is 5.69 Å². The van der Waals surface area contributed by atoms with Gasteiger partial charge in [0.05, 0.1) is 11.6 Å². The van der Waals surface area contributed by atoms with Gasteiger partial charge in [-0.05, 0) is 35.4 Å². The van der Waals surface area contributed by atoms with Crippen LogP contribution in [-0.2, 0) is 9.59 Å². The van der Waals surface area contributed by atoms with Gasteiger partial charge in [0.1, 0.15) is 5.75 Å². The van der Waals surface area contributed by atoms with Crippen molar-refractivity contribution in [1.29, 1.82) is 0 Å². The standard InChI is InChI=1S/C25H25NO3/c1-3-17(2)20-11-6-7-14-23(20)29-25(28)19-15-24(27)26(16-19)22-13-8-10-18-9-4-5-12-21(18)22/h4-14,17,19H,3,15-16H2,1-2H3/t17-,19+/m1/s1. The average Bonchev–Trinajstić information content (AvgIpc) is 3.14. The fourth-order valence-electron chi connectivity index (χ4n) is 3.93. The predicted octanol–water partition coefficient (Wildman–Crippen LogP) is 5.31. The summed E-state index contributed by atoms with van der Waals surface area (Å²) in [6, 6.07) is 21.5. The van der Waals surface area contributed by atoms with Crippen LogP contribution in [0.1, 0.15) is 38.2 Å². The molecule has 1 saturated heterocycles. The van der Waals surface area contributed by atoms with E-state index in [0.717, 1.165) is 28.4 Å². The Morgan fingerprint density at radius 3 is 2.62 bits per heavy atom. The zero-order valence-corrected chi connectivity index (χ0v) is 16.8. The Kier molecular flexibility index (Phi) is 5.34. The number of nitrogens with zero attached hydrogens (tertiary/aromatic N) is 1. The Labute approximate surface area is 171 Å². The molecular weight excluding hydrogens is 362 g/mol. The summed E-state index contributed by atoms with van der Waals surface area (Å²) >= 11 is 0. The Morgan fingerprint density at radius 2 is 1.79 bits per heavy atom. The lowest BCUT2D eigenvalue weighted by Crippen LogP contribution is -2.27. The summed E-state index contributed by atoms with van der Waals surface area (Å²) in [6.07, 6.45) is 1.14. The lowest BCUT2D eigenvalue weighted by atomic mass is 9.98. The number of hydrogen-bond acceptors (Lipinski definition) is 3. The van der Waals surface area contributed by atoms with Gasteiger partial charge in [0.25, 0.3) is 0 Å². The van der Waals surface area contributed by atoms with Crippen LogP contribution in [0.3, 0.4) is 0 Å². The zero-order valence-electron chi connectivity index (χ0n) is 16.8. The number of carbonyl (C=O) groups excluding carboxylic acids is 2. The topological polar surface area (TPSA) is 46.6 Å². The molecule has 1 fully saturated rings. The number of anilines is 1. The molecule has 2 atom stereocenters. The second-order valence-corrected chi connectivity index (χ2v) is 7.67. The van der Waals surface area contributed by atoms with Gasteiger partial charge >= 0.3 is 5.97 Å². The lowest BCUT2D eigenvalue weighted by Gasteiger charge is -2.19. The third-order valence-electron chi connectivity index (χ3n) is 5.79. The van der Waals surface area contributed by atoms with Crippen molar-refractivity contribution in [2.75, 3.05) is 11.4 Å². The molecule has 4 rings (SSSR count). The van der Waals surface area contributed by atoms with E-state index < -0.39 is 5.92 Å². The summed E-state index contributed by atoms with van der Waals surface area (Å²) in [5, 5.41) is 2.09. The first-order chi connectivity index (χ1) is 14.1. The van der Waals surface area contributed by atoms with E-state index in [1.54, 1.807) is 4.90 Å². The normalized spacial score (nSPS) is 17.5. The van der Waals surface area contributed by atoms with E-state index in [9.17, 15) is 9.59 Å². The molecule has 29 heavy (non-hydrogen) atoms. The van der Waals surface area contributed by atoms with E-state index in [2.05, 4.69) is 13.8 Å². The third kappa shape index (κ3) is 3.75.